The highest BCUT2D eigenvalue weighted by Crippen LogP contribution is 2.44. The Balaban J connectivity index is 1.57. The molecular weight excluding hydrogens is 363 g/mol. The Morgan fingerprint density at radius 1 is 1.15 bits per heavy atom. The maximum absolute atomic E-state index is 14.2. The molecule has 1 saturated carbocycles. The van der Waals surface area contributed by atoms with Crippen molar-refractivity contribution in [3.05, 3.63) is 53.9 Å². The first kappa shape index (κ1) is 17.4. The van der Waals surface area contributed by atoms with Crippen LogP contribution in [0.15, 0.2) is 41.1 Å². The topological polar surface area (TPSA) is 97.0 Å². The molecule has 0 spiro atoms. The lowest BCUT2D eigenvalue weighted by Crippen LogP contribution is -2.51. The zero-order valence-electron chi connectivity index (χ0n) is 13.8. The van der Waals surface area contributed by atoms with Crippen LogP contribution in [0.2, 0.25) is 0 Å². The molecule has 0 radical (unpaired) electrons. The quantitative estimate of drug-likeness (QED) is 0.705. The van der Waals surface area contributed by atoms with Crippen molar-refractivity contribution in [2.45, 2.75) is 30.9 Å². The van der Waals surface area contributed by atoms with Gasteiger partial charge in [-0.2, -0.15) is 8.78 Å². The first-order valence-electron chi connectivity index (χ1n) is 8.12. The van der Waals surface area contributed by atoms with Crippen LogP contribution in [-0.2, 0) is 5.54 Å². The van der Waals surface area contributed by atoms with Gasteiger partial charge in [0.2, 0.25) is 5.95 Å². The van der Waals surface area contributed by atoms with E-state index in [1.165, 1.54) is 18.5 Å². The highest BCUT2D eigenvalue weighted by molar-refractivity contribution is 5.51. The number of anilines is 1. The van der Waals surface area contributed by atoms with Gasteiger partial charge in [-0.15, -0.1) is 10.2 Å². The van der Waals surface area contributed by atoms with Crippen LogP contribution >= 0.6 is 0 Å². The number of alkyl halides is 2. The summed E-state index contributed by atoms with van der Waals surface area (Å²) in [5.74, 6) is -1.10. The summed E-state index contributed by atoms with van der Waals surface area (Å²) in [5.41, 5.74) is -0.130. The summed E-state index contributed by atoms with van der Waals surface area (Å²) in [6.45, 7) is 0. The Labute approximate surface area is 151 Å². The van der Waals surface area contributed by atoms with E-state index < -0.39 is 24.0 Å². The van der Waals surface area contributed by atoms with Crippen molar-refractivity contribution in [1.82, 2.24) is 20.2 Å². The molecule has 2 heterocycles. The van der Waals surface area contributed by atoms with Crippen LogP contribution in [0.3, 0.4) is 0 Å². The van der Waals surface area contributed by atoms with Crippen molar-refractivity contribution < 1.29 is 22.7 Å². The van der Waals surface area contributed by atoms with E-state index in [1.807, 2.05) is 0 Å². The van der Waals surface area contributed by atoms with E-state index >= 15 is 0 Å². The fourth-order valence-corrected chi connectivity index (χ4v) is 3.14. The SMILES string of the molecule is OC1CC(Nc2ncc(-c3nnc(C(F)F)o3)cn2)(c2ccccc2F)C1. The van der Waals surface area contributed by atoms with Gasteiger partial charge < -0.3 is 14.8 Å². The number of halogens is 3. The molecule has 7 nitrogen and oxygen atoms in total. The second kappa shape index (κ2) is 6.62. The molecule has 0 amide bonds. The van der Waals surface area contributed by atoms with Gasteiger partial charge in [0.05, 0.1) is 17.2 Å². The second-order valence-electron chi connectivity index (χ2n) is 6.29. The lowest BCUT2D eigenvalue weighted by molar-refractivity contribution is 0.0299. The van der Waals surface area contributed by atoms with E-state index in [9.17, 15) is 18.3 Å². The van der Waals surface area contributed by atoms with Crippen molar-refractivity contribution >= 4 is 5.95 Å². The predicted molar refractivity (Wildman–Crippen MR) is 87.2 cm³/mol. The number of aliphatic hydroxyl groups excluding tert-OH is 1. The van der Waals surface area contributed by atoms with Crippen LogP contribution in [0, 0.1) is 5.82 Å². The van der Waals surface area contributed by atoms with Gasteiger partial charge in [0.1, 0.15) is 5.82 Å². The molecule has 0 saturated heterocycles. The number of nitrogens with one attached hydrogen (secondary N) is 1. The number of aromatic nitrogens is 4. The third kappa shape index (κ3) is 3.23. The summed E-state index contributed by atoms with van der Waals surface area (Å²) in [4.78, 5) is 8.23. The van der Waals surface area contributed by atoms with Crippen LogP contribution in [0.5, 0.6) is 0 Å². The molecule has 2 aromatic heterocycles. The van der Waals surface area contributed by atoms with E-state index in [0.29, 0.717) is 18.4 Å². The van der Waals surface area contributed by atoms with Crippen molar-refractivity contribution in [3.8, 4) is 11.5 Å². The fraction of sp³-hybridized carbons (Fsp3) is 0.294. The molecule has 1 fully saturated rings. The summed E-state index contributed by atoms with van der Waals surface area (Å²) < 4.78 is 44.1. The molecule has 0 atom stereocenters. The molecular formula is C17H14F3N5O2. The maximum atomic E-state index is 14.2. The van der Waals surface area contributed by atoms with E-state index in [-0.39, 0.29) is 23.2 Å². The monoisotopic (exact) mass is 377 g/mol. The van der Waals surface area contributed by atoms with Crippen molar-refractivity contribution in [3.63, 3.8) is 0 Å². The van der Waals surface area contributed by atoms with Gasteiger partial charge >= 0.3 is 6.43 Å². The number of aliphatic hydroxyl groups is 1. The zero-order chi connectivity index (χ0) is 19.0. The minimum absolute atomic E-state index is 0.125. The lowest BCUT2D eigenvalue weighted by atomic mass is 9.69. The third-order valence-electron chi connectivity index (χ3n) is 4.43. The van der Waals surface area contributed by atoms with Gasteiger partial charge in [0.25, 0.3) is 11.8 Å². The second-order valence-corrected chi connectivity index (χ2v) is 6.29. The minimum atomic E-state index is -2.86. The number of hydrogen-bond acceptors (Lipinski definition) is 7. The van der Waals surface area contributed by atoms with Crippen LogP contribution in [0.25, 0.3) is 11.5 Å². The molecule has 140 valence electrons. The van der Waals surface area contributed by atoms with Gasteiger partial charge in [0.15, 0.2) is 0 Å². The normalized spacial score (nSPS) is 21.9. The number of hydrogen-bond donors (Lipinski definition) is 2. The molecule has 0 bridgehead atoms. The smallest absolute Gasteiger partial charge is 0.314 e. The van der Waals surface area contributed by atoms with Crippen LogP contribution < -0.4 is 5.32 Å². The molecule has 3 aromatic rings. The molecule has 27 heavy (non-hydrogen) atoms. The number of rotatable bonds is 5. The summed E-state index contributed by atoms with van der Waals surface area (Å²) in [7, 11) is 0. The molecule has 1 aromatic carbocycles. The number of nitrogens with zero attached hydrogens (tertiary/aromatic N) is 4. The molecule has 10 heteroatoms. The first-order chi connectivity index (χ1) is 13.0. The first-order valence-corrected chi connectivity index (χ1v) is 8.12. The van der Waals surface area contributed by atoms with Crippen molar-refractivity contribution in [1.29, 1.82) is 0 Å². The number of benzene rings is 1. The molecule has 4 rings (SSSR count). The standard InChI is InChI=1S/C17H14F3N5O2/c18-12-4-2-1-3-11(12)17(5-10(26)6-17)23-16-21-7-9(8-22-16)14-24-25-15(27-14)13(19)20/h1-4,7-8,10,13,26H,5-6H2,(H,21,22,23). The zero-order valence-corrected chi connectivity index (χ0v) is 13.8. The van der Waals surface area contributed by atoms with Crippen LogP contribution in [0.4, 0.5) is 19.1 Å². The lowest BCUT2D eigenvalue weighted by Gasteiger charge is -2.46. The van der Waals surface area contributed by atoms with Crippen molar-refractivity contribution in [2.75, 3.05) is 5.32 Å². The summed E-state index contributed by atoms with van der Waals surface area (Å²) >= 11 is 0. The fourth-order valence-electron chi connectivity index (χ4n) is 3.14. The summed E-state index contributed by atoms with van der Waals surface area (Å²) in [6, 6.07) is 6.30. The largest absolute Gasteiger partial charge is 0.415 e. The van der Waals surface area contributed by atoms with Gasteiger partial charge in [0, 0.05) is 30.8 Å². The minimum Gasteiger partial charge on any atom is -0.415 e. The molecule has 1 aliphatic rings. The van der Waals surface area contributed by atoms with E-state index in [0.717, 1.165) is 0 Å². The van der Waals surface area contributed by atoms with Gasteiger partial charge in [-0.3, -0.25) is 0 Å². The van der Waals surface area contributed by atoms with Gasteiger partial charge in [-0.1, -0.05) is 18.2 Å². The van der Waals surface area contributed by atoms with Crippen LogP contribution in [-0.4, -0.2) is 31.4 Å². The Morgan fingerprint density at radius 3 is 2.44 bits per heavy atom. The van der Waals surface area contributed by atoms with Crippen molar-refractivity contribution in [2.24, 2.45) is 0 Å². The van der Waals surface area contributed by atoms with Crippen LogP contribution in [0.1, 0.15) is 30.7 Å². The predicted octanol–water partition coefficient (Wildman–Crippen LogP) is 3.07. The molecule has 0 unspecified atom stereocenters. The highest BCUT2D eigenvalue weighted by atomic mass is 19.3. The van der Waals surface area contributed by atoms with Gasteiger partial charge in [-0.05, 0) is 6.07 Å². The highest BCUT2D eigenvalue weighted by Gasteiger charge is 2.47. The average Bonchev–Trinajstić information content (AvgIpc) is 3.12. The van der Waals surface area contributed by atoms with E-state index in [1.54, 1.807) is 18.2 Å². The molecule has 2 N–H and O–H groups in total. The van der Waals surface area contributed by atoms with E-state index in [2.05, 4.69) is 25.5 Å². The molecule has 1 aliphatic carbocycles. The Bertz CT molecular complexity index is 942. The molecule has 0 aliphatic heterocycles. The maximum Gasteiger partial charge on any atom is 0.314 e. The Hall–Kier alpha value is -3.01. The third-order valence-corrected chi connectivity index (χ3v) is 4.43. The average molecular weight is 377 g/mol. The van der Waals surface area contributed by atoms with Gasteiger partial charge in [-0.25, -0.2) is 14.4 Å². The summed E-state index contributed by atoms with van der Waals surface area (Å²) in [5, 5.41) is 19.6. The summed E-state index contributed by atoms with van der Waals surface area (Å²) in [6.07, 6.45) is -0.132. The Morgan fingerprint density at radius 2 is 1.85 bits per heavy atom. The Kier molecular flexibility index (Phi) is 4.27. The van der Waals surface area contributed by atoms with E-state index in [4.69, 9.17) is 4.42 Å².